The van der Waals surface area contributed by atoms with Crippen LogP contribution in [-0.4, -0.2) is 60.0 Å². The molecule has 0 unspecified atom stereocenters. The monoisotopic (exact) mass is 356 g/mol. The average molecular weight is 356 g/mol. The number of amides is 1. The highest BCUT2D eigenvalue weighted by molar-refractivity contribution is 7.10. The minimum absolute atomic E-state index is 0.268. The summed E-state index contributed by atoms with van der Waals surface area (Å²) in [4.78, 5) is 25.2. The van der Waals surface area contributed by atoms with E-state index >= 15 is 0 Å². The van der Waals surface area contributed by atoms with Gasteiger partial charge in [0.25, 0.3) is 0 Å². The maximum Gasteiger partial charge on any atom is 0.236 e. The summed E-state index contributed by atoms with van der Waals surface area (Å²) in [5, 5.41) is 2.13. The van der Waals surface area contributed by atoms with Crippen molar-refractivity contribution in [3.63, 3.8) is 0 Å². The molecule has 2 aromatic rings. The van der Waals surface area contributed by atoms with Crippen molar-refractivity contribution in [3.8, 4) is 0 Å². The molecule has 1 amide bonds. The number of aromatic nitrogens is 1. The van der Waals surface area contributed by atoms with Crippen molar-refractivity contribution in [1.82, 2.24) is 14.8 Å². The standard InChI is InChI=1S/C19H24N4OS/c24-19(15-23-9-3-5-16(23)17-6-4-14-25-17)22-12-10-21(11-13-22)18-7-1-2-8-20-18/h1-2,4,6-8,14,16H,3,5,9-13,15H2/t16-/m0/s1. The van der Waals surface area contributed by atoms with Crippen LogP contribution in [0.5, 0.6) is 0 Å². The Kier molecular flexibility index (Phi) is 4.99. The van der Waals surface area contributed by atoms with Crippen molar-refractivity contribution in [1.29, 1.82) is 0 Å². The van der Waals surface area contributed by atoms with Crippen LogP contribution in [0.15, 0.2) is 41.9 Å². The van der Waals surface area contributed by atoms with E-state index in [1.54, 1.807) is 11.3 Å². The normalized spacial score (nSPS) is 21.7. The molecule has 25 heavy (non-hydrogen) atoms. The predicted molar refractivity (Wildman–Crippen MR) is 101 cm³/mol. The molecule has 4 heterocycles. The zero-order valence-corrected chi connectivity index (χ0v) is 15.2. The van der Waals surface area contributed by atoms with Crippen molar-refractivity contribution in [2.75, 3.05) is 44.2 Å². The molecular formula is C19H24N4OS. The fourth-order valence-electron chi connectivity index (χ4n) is 3.82. The third kappa shape index (κ3) is 3.70. The number of pyridine rings is 1. The van der Waals surface area contributed by atoms with Crippen molar-refractivity contribution in [2.24, 2.45) is 0 Å². The minimum Gasteiger partial charge on any atom is -0.353 e. The van der Waals surface area contributed by atoms with Crippen LogP contribution in [-0.2, 0) is 4.79 Å². The number of carbonyl (C=O) groups excluding carboxylic acids is 1. The Bertz CT molecular complexity index is 683. The first kappa shape index (κ1) is 16.5. The third-order valence-electron chi connectivity index (χ3n) is 5.18. The number of hydrogen-bond acceptors (Lipinski definition) is 5. The summed E-state index contributed by atoms with van der Waals surface area (Å²) in [6.45, 7) is 4.86. The number of rotatable bonds is 4. The summed E-state index contributed by atoms with van der Waals surface area (Å²) < 4.78 is 0. The van der Waals surface area contributed by atoms with Gasteiger partial charge in [-0.2, -0.15) is 0 Å². The highest BCUT2D eigenvalue weighted by Gasteiger charge is 2.30. The van der Waals surface area contributed by atoms with E-state index in [1.807, 2.05) is 29.3 Å². The van der Waals surface area contributed by atoms with Gasteiger partial charge in [-0.3, -0.25) is 9.69 Å². The van der Waals surface area contributed by atoms with E-state index in [1.165, 1.54) is 17.7 Å². The maximum atomic E-state index is 12.8. The zero-order valence-electron chi connectivity index (χ0n) is 14.4. The highest BCUT2D eigenvalue weighted by atomic mass is 32.1. The molecule has 0 aromatic carbocycles. The van der Waals surface area contributed by atoms with Crippen LogP contribution in [0.4, 0.5) is 5.82 Å². The van der Waals surface area contributed by atoms with E-state index in [-0.39, 0.29) is 5.91 Å². The van der Waals surface area contributed by atoms with Crippen LogP contribution in [0, 0.1) is 0 Å². The average Bonchev–Trinajstić information content (AvgIpc) is 3.34. The van der Waals surface area contributed by atoms with Crippen molar-refractivity contribution < 1.29 is 4.79 Å². The Balaban J connectivity index is 1.32. The first-order valence-electron chi connectivity index (χ1n) is 9.02. The summed E-state index contributed by atoms with van der Waals surface area (Å²) in [5.74, 6) is 1.27. The van der Waals surface area contributed by atoms with E-state index in [0.29, 0.717) is 12.6 Å². The molecule has 1 atom stereocenters. The molecule has 2 aliphatic rings. The number of nitrogens with zero attached hydrogens (tertiary/aromatic N) is 4. The molecule has 2 fully saturated rings. The van der Waals surface area contributed by atoms with E-state index < -0.39 is 0 Å². The third-order valence-corrected chi connectivity index (χ3v) is 6.15. The molecule has 5 nitrogen and oxygen atoms in total. The lowest BCUT2D eigenvalue weighted by Crippen LogP contribution is -2.51. The number of thiophene rings is 1. The largest absolute Gasteiger partial charge is 0.353 e. The van der Waals surface area contributed by atoms with E-state index in [9.17, 15) is 4.79 Å². The summed E-state index contributed by atoms with van der Waals surface area (Å²) in [7, 11) is 0. The van der Waals surface area contributed by atoms with Gasteiger partial charge in [-0.25, -0.2) is 4.98 Å². The molecule has 0 saturated carbocycles. The van der Waals surface area contributed by atoms with Crippen LogP contribution < -0.4 is 4.90 Å². The molecule has 132 valence electrons. The minimum atomic E-state index is 0.268. The fraction of sp³-hybridized carbons (Fsp3) is 0.474. The molecule has 6 heteroatoms. The zero-order chi connectivity index (χ0) is 17.1. The molecule has 2 aliphatic heterocycles. The number of piperazine rings is 1. The van der Waals surface area contributed by atoms with Gasteiger partial charge in [0.2, 0.25) is 5.91 Å². The second-order valence-electron chi connectivity index (χ2n) is 6.70. The van der Waals surface area contributed by atoms with Crippen LogP contribution in [0.1, 0.15) is 23.8 Å². The molecule has 2 aromatic heterocycles. The molecule has 0 bridgehead atoms. The number of anilines is 1. The molecule has 0 spiro atoms. The SMILES string of the molecule is O=C(CN1CCC[C@H]1c1cccs1)N1CCN(c2ccccn2)CC1. The van der Waals surface area contributed by atoms with Crippen molar-refractivity contribution in [3.05, 3.63) is 46.8 Å². The Morgan fingerprint density at radius 1 is 1.12 bits per heavy atom. The van der Waals surface area contributed by atoms with Crippen molar-refractivity contribution >= 4 is 23.1 Å². The summed E-state index contributed by atoms with van der Waals surface area (Å²) in [5.41, 5.74) is 0. The Hall–Kier alpha value is -1.92. The quantitative estimate of drug-likeness (QED) is 0.844. The smallest absolute Gasteiger partial charge is 0.236 e. The van der Waals surface area contributed by atoms with Crippen LogP contribution >= 0.6 is 11.3 Å². The number of likely N-dealkylation sites (tertiary alicyclic amines) is 1. The van der Waals surface area contributed by atoms with Gasteiger partial charge in [-0.1, -0.05) is 12.1 Å². The molecule has 0 N–H and O–H groups in total. The fourth-order valence-corrected chi connectivity index (χ4v) is 4.71. The first-order valence-corrected chi connectivity index (χ1v) is 9.90. The maximum absolute atomic E-state index is 12.8. The Labute approximate surface area is 152 Å². The lowest BCUT2D eigenvalue weighted by molar-refractivity contribution is -0.133. The second-order valence-corrected chi connectivity index (χ2v) is 7.68. The number of carbonyl (C=O) groups is 1. The highest BCUT2D eigenvalue weighted by Crippen LogP contribution is 2.34. The molecule has 4 rings (SSSR count). The molecule has 2 saturated heterocycles. The van der Waals surface area contributed by atoms with Gasteiger partial charge in [0.1, 0.15) is 5.82 Å². The number of hydrogen-bond donors (Lipinski definition) is 0. The van der Waals surface area contributed by atoms with E-state index in [2.05, 4.69) is 32.3 Å². The van der Waals surface area contributed by atoms with Gasteiger partial charge in [0.05, 0.1) is 6.54 Å². The Morgan fingerprint density at radius 3 is 2.72 bits per heavy atom. The van der Waals surface area contributed by atoms with Gasteiger partial charge in [0.15, 0.2) is 0 Å². The van der Waals surface area contributed by atoms with Gasteiger partial charge in [-0.05, 0) is 43.0 Å². The van der Waals surface area contributed by atoms with Crippen molar-refractivity contribution in [2.45, 2.75) is 18.9 Å². The van der Waals surface area contributed by atoms with Crippen LogP contribution in [0.25, 0.3) is 0 Å². The van der Waals surface area contributed by atoms with E-state index in [4.69, 9.17) is 0 Å². The summed E-state index contributed by atoms with van der Waals surface area (Å²) in [6.07, 6.45) is 4.18. The van der Waals surface area contributed by atoms with E-state index in [0.717, 1.165) is 38.5 Å². The van der Waals surface area contributed by atoms with Gasteiger partial charge < -0.3 is 9.80 Å². The lowest BCUT2D eigenvalue weighted by Gasteiger charge is -2.36. The second kappa shape index (κ2) is 7.54. The van der Waals surface area contributed by atoms with Gasteiger partial charge in [0, 0.05) is 43.3 Å². The summed E-state index contributed by atoms with van der Waals surface area (Å²) in [6, 6.07) is 10.7. The summed E-state index contributed by atoms with van der Waals surface area (Å²) >= 11 is 1.80. The lowest BCUT2D eigenvalue weighted by atomic mass is 10.2. The molecule has 0 aliphatic carbocycles. The van der Waals surface area contributed by atoms with Gasteiger partial charge in [-0.15, -0.1) is 11.3 Å². The molecular weight excluding hydrogens is 332 g/mol. The molecule has 0 radical (unpaired) electrons. The topological polar surface area (TPSA) is 39.7 Å². The van der Waals surface area contributed by atoms with Crippen LogP contribution in [0.3, 0.4) is 0 Å². The first-order chi connectivity index (χ1) is 12.3. The predicted octanol–water partition coefficient (Wildman–Crippen LogP) is 2.63. The van der Waals surface area contributed by atoms with Gasteiger partial charge >= 0.3 is 0 Å². The van der Waals surface area contributed by atoms with Crippen LogP contribution in [0.2, 0.25) is 0 Å². The Morgan fingerprint density at radius 2 is 2.00 bits per heavy atom.